The Balaban J connectivity index is 1.82. The van der Waals surface area contributed by atoms with Crippen molar-refractivity contribution in [3.63, 3.8) is 0 Å². The molecule has 0 aliphatic carbocycles. The van der Waals surface area contributed by atoms with E-state index in [4.69, 9.17) is 4.74 Å². The van der Waals surface area contributed by atoms with E-state index in [1.165, 1.54) is 0 Å². The highest BCUT2D eigenvalue weighted by atomic mass is 16.5. The Bertz CT molecular complexity index is 453. The van der Waals surface area contributed by atoms with Gasteiger partial charge in [-0.25, -0.2) is 4.98 Å². The summed E-state index contributed by atoms with van der Waals surface area (Å²) >= 11 is 0. The zero-order valence-electron chi connectivity index (χ0n) is 9.78. The van der Waals surface area contributed by atoms with Gasteiger partial charge in [-0.05, 0) is 19.1 Å². The lowest BCUT2D eigenvalue weighted by Gasteiger charge is -2.13. The van der Waals surface area contributed by atoms with Gasteiger partial charge in [0.15, 0.2) is 0 Å². The monoisotopic (exact) mass is 232 g/mol. The fourth-order valence-corrected chi connectivity index (χ4v) is 1.59. The number of aliphatic hydroxyl groups excluding tert-OH is 1. The predicted molar refractivity (Wildman–Crippen MR) is 64.9 cm³/mol. The summed E-state index contributed by atoms with van der Waals surface area (Å²) in [7, 11) is 0. The van der Waals surface area contributed by atoms with Crippen LogP contribution in [0.25, 0.3) is 0 Å². The first-order valence-corrected chi connectivity index (χ1v) is 5.59. The largest absolute Gasteiger partial charge is 0.491 e. The van der Waals surface area contributed by atoms with Crippen molar-refractivity contribution >= 4 is 0 Å². The molecule has 0 aliphatic rings. The van der Waals surface area contributed by atoms with Crippen LogP contribution in [0.5, 0.6) is 5.75 Å². The van der Waals surface area contributed by atoms with E-state index in [-0.39, 0.29) is 6.61 Å². The second-order valence-electron chi connectivity index (χ2n) is 3.90. The number of imidazole rings is 1. The third-order valence-corrected chi connectivity index (χ3v) is 2.52. The van der Waals surface area contributed by atoms with Gasteiger partial charge in [0.2, 0.25) is 0 Å². The number of aliphatic hydroxyl groups is 1. The predicted octanol–water partition coefficient (Wildman–Crippen LogP) is 1.63. The van der Waals surface area contributed by atoms with E-state index in [1.54, 1.807) is 6.20 Å². The minimum atomic E-state index is -0.539. The number of para-hydroxylation sites is 1. The number of nitrogens with zero attached hydrogens (tertiary/aromatic N) is 2. The summed E-state index contributed by atoms with van der Waals surface area (Å²) in [5.74, 6) is 1.66. The standard InChI is InChI=1S/C13H16N2O2/c1-11-14-7-8-15(11)9-12(16)10-17-13-5-3-2-4-6-13/h2-8,12,16H,9-10H2,1H3/t12-/m1/s1. The molecule has 0 aliphatic heterocycles. The van der Waals surface area contributed by atoms with Crippen molar-refractivity contribution in [2.75, 3.05) is 6.61 Å². The van der Waals surface area contributed by atoms with Crippen LogP contribution in [0.1, 0.15) is 5.82 Å². The van der Waals surface area contributed by atoms with Crippen molar-refractivity contribution in [3.8, 4) is 5.75 Å². The van der Waals surface area contributed by atoms with E-state index in [2.05, 4.69) is 4.98 Å². The van der Waals surface area contributed by atoms with Crippen molar-refractivity contribution < 1.29 is 9.84 Å². The van der Waals surface area contributed by atoms with E-state index < -0.39 is 6.10 Å². The van der Waals surface area contributed by atoms with Crippen molar-refractivity contribution in [1.82, 2.24) is 9.55 Å². The van der Waals surface area contributed by atoms with Gasteiger partial charge < -0.3 is 14.4 Å². The molecule has 90 valence electrons. The SMILES string of the molecule is Cc1nccn1C[C@@H](O)COc1ccccc1. The Morgan fingerprint density at radius 1 is 1.35 bits per heavy atom. The van der Waals surface area contributed by atoms with Gasteiger partial charge in [0.25, 0.3) is 0 Å². The summed E-state index contributed by atoms with van der Waals surface area (Å²) in [6.45, 7) is 2.69. The van der Waals surface area contributed by atoms with Gasteiger partial charge in [-0.3, -0.25) is 0 Å². The Morgan fingerprint density at radius 3 is 2.76 bits per heavy atom. The van der Waals surface area contributed by atoms with Crippen LogP contribution in [0.15, 0.2) is 42.7 Å². The Morgan fingerprint density at radius 2 is 2.12 bits per heavy atom. The molecular weight excluding hydrogens is 216 g/mol. The smallest absolute Gasteiger partial charge is 0.119 e. The molecule has 1 aromatic heterocycles. The molecule has 1 aromatic carbocycles. The molecule has 0 unspecified atom stereocenters. The lowest BCUT2D eigenvalue weighted by atomic mass is 10.3. The van der Waals surface area contributed by atoms with Crippen molar-refractivity contribution in [2.45, 2.75) is 19.6 Å². The zero-order valence-corrected chi connectivity index (χ0v) is 9.78. The van der Waals surface area contributed by atoms with Crippen molar-refractivity contribution in [2.24, 2.45) is 0 Å². The minimum absolute atomic E-state index is 0.279. The maximum absolute atomic E-state index is 9.83. The number of benzene rings is 1. The summed E-state index contributed by atoms with van der Waals surface area (Å²) in [4.78, 5) is 4.10. The first-order valence-electron chi connectivity index (χ1n) is 5.59. The van der Waals surface area contributed by atoms with Crippen LogP contribution in [0.4, 0.5) is 0 Å². The van der Waals surface area contributed by atoms with Gasteiger partial charge in [-0.15, -0.1) is 0 Å². The highest BCUT2D eigenvalue weighted by Gasteiger charge is 2.07. The maximum Gasteiger partial charge on any atom is 0.119 e. The van der Waals surface area contributed by atoms with Crippen LogP contribution in [0, 0.1) is 6.92 Å². The van der Waals surface area contributed by atoms with Gasteiger partial charge in [-0.1, -0.05) is 18.2 Å². The van der Waals surface area contributed by atoms with Crippen molar-refractivity contribution in [3.05, 3.63) is 48.5 Å². The van der Waals surface area contributed by atoms with E-state index >= 15 is 0 Å². The molecule has 4 nitrogen and oxygen atoms in total. The molecule has 0 saturated carbocycles. The molecule has 4 heteroatoms. The summed E-state index contributed by atoms with van der Waals surface area (Å²) < 4.78 is 7.37. The summed E-state index contributed by atoms with van der Waals surface area (Å²) in [5.41, 5.74) is 0. The molecule has 17 heavy (non-hydrogen) atoms. The summed E-state index contributed by atoms with van der Waals surface area (Å²) in [6.07, 6.45) is 3.03. The minimum Gasteiger partial charge on any atom is -0.491 e. The molecule has 0 bridgehead atoms. The highest BCUT2D eigenvalue weighted by molar-refractivity contribution is 5.20. The Hall–Kier alpha value is -1.81. The first kappa shape index (κ1) is 11.7. The van der Waals surface area contributed by atoms with Gasteiger partial charge in [0.1, 0.15) is 24.3 Å². The number of hydrogen-bond donors (Lipinski definition) is 1. The normalized spacial score (nSPS) is 12.4. The lowest BCUT2D eigenvalue weighted by Crippen LogP contribution is -2.23. The summed E-state index contributed by atoms with van der Waals surface area (Å²) in [5, 5.41) is 9.83. The maximum atomic E-state index is 9.83. The number of rotatable bonds is 5. The quantitative estimate of drug-likeness (QED) is 0.852. The van der Waals surface area contributed by atoms with Crippen molar-refractivity contribution in [1.29, 1.82) is 0 Å². The van der Waals surface area contributed by atoms with E-state index in [0.717, 1.165) is 11.6 Å². The lowest BCUT2D eigenvalue weighted by molar-refractivity contribution is 0.0919. The molecule has 0 fully saturated rings. The molecule has 1 N–H and O–H groups in total. The Kier molecular flexibility index (Phi) is 3.77. The number of aryl methyl sites for hydroxylation is 1. The summed E-state index contributed by atoms with van der Waals surface area (Å²) in [6, 6.07) is 9.48. The number of ether oxygens (including phenoxy) is 1. The second-order valence-corrected chi connectivity index (χ2v) is 3.90. The van der Waals surface area contributed by atoms with Gasteiger partial charge in [0, 0.05) is 12.4 Å². The molecular formula is C13H16N2O2. The Labute approximate surface area is 100 Å². The molecule has 1 atom stereocenters. The number of hydrogen-bond acceptors (Lipinski definition) is 3. The van der Waals surface area contributed by atoms with E-state index in [9.17, 15) is 5.11 Å². The molecule has 0 spiro atoms. The molecule has 2 aromatic rings. The van der Waals surface area contributed by atoms with Gasteiger partial charge >= 0.3 is 0 Å². The number of aromatic nitrogens is 2. The second kappa shape index (κ2) is 5.50. The van der Waals surface area contributed by atoms with Crippen LogP contribution in [0.3, 0.4) is 0 Å². The molecule has 0 radical (unpaired) electrons. The van der Waals surface area contributed by atoms with Crippen LogP contribution in [0.2, 0.25) is 0 Å². The third kappa shape index (κ3) is 3.32. The molecule has 2 rings (SSSR count). The zero-order chi connectivity index (χ0) is 12.1. The fourth-order valence-electron chi connectivity index (χ4n) is 1.59. The molecule has 1 heterocycles. The van der Waals surface area contributed by atoms with E-state index in [0.29, 0.717) is 6.54 Å². The van der Waals surface area contributed by atoms with Crippen LogP contribution in [-0.4, -0.2) is 27.4 Å². The van der Waals surface area contributed by atoms with Crippen LogP contribution in [-0.2, 0) is 6.54 Å². The van der Waals surface area contributed by atoms with Crippen LogP contribution < -0.4 is 4.74 Å². The van der Waals surface area contributed by atoms with Gasteiger partial charge in [0.05, 0.1) is 6.54 Å². The average Bonchev–Trinajstić information content (AvgIpc) is 2.74. The highest BCUT2D eigenvalue weighted by Crippen LogP contribution is 2.09. The first-order chi connectivity index (χ1) is 8.25. The topological polar surface area (TPSA) is 47.3 Å². The molecule has 0 amide bonds. The van der Waals surface area contributed by atoms with Crippen LogP contribution >= 0.6 is 0 Å². The fraction of sp³-hybridized carbons (Fsp3) is 0.308. The van der Waals surface area contributed by atoms with Gasteiger partial charge in [-0.2, -0.15) is 0 Å². The average molecular weight is 232 g/mol. The third-order valence-electron chi connectivity index (χ3n) is 2.52. The molecule has 0 saturated heterocycles. The van der Waals surface area contributed by atoms with E-state index in [1.807, 2.05) is 48.0 Å².